The van der Waals surface area contributed by atoms with Gasteiger partial charge >= 0.3 is 6.09 Å². The first-order chi connectivity index (χ1) is 10.4. The Hall–Kier alpha value is -2.04. The van der Waals surface area contributed by atoms with Gasteiger partial charge < -0.3 is 15.0 Å². The van der Waals surface area contributed by atoms with Crippen LogP contribution in [0.2, 0.25) is 0 Å². The van der Waals surface area contributed by atoms with E-state index >= 15 is 0 Å². The van der Waals surface area contributed by atoms with E-state index in [4.69, 9.17) is 4.74 Å². The van der Waals surface area contributed by atoms with E-state index in [-0.39, 0.29) is 17.9 Å². The standard InChI is InChI=1S/C17H24N2O3/c1-11-9-12(2)15(13(3)10-11)18-16(20)14-5-7-19(8-6-14)17(21)22-4/h9-10,14H,5-8H2,1-4H3,(H,18,20). The summed E-state index contributed by atoms with van der Waals surface area (Å²) in [6.45, 7) is 7.20. The second-order valence-corrected chi connectivity index (χ2v) is 5.99. The molecule has 0 radical (unpaired) electrons. The molecule has 1 saturated heterocycles. The number of methoxy groups -OCH3 is 1. The molecule has 2 amide bonds. The number of benzene rings is 1. The number of nitrogens with one attached hydrogen (secondary N) is 1. The summed E-state index contributed by atoms with van der Waals surface area (Å²) in [5.41, 5.74) is 4.26. The highest BCUT2D eigenvalue weighted by Gasteiger charge is 2.28. The van der Waals surface area contributed by atoms with Gasteiger partial charge in [0.1, 0.15) is 0 Å². The fourth-order valence-corrected chi connectivity index (χ4v) is 3.06. The normalized spacial score (nSPS) is 15.5. The lowest BCUT2D eigenvalue weighted by Gasteiger charge is -2.30. The second kappa shape index (κ2) is 6.81. The molecular formula is C17H24N2O3. The maximum Gasteiger partial charge on any atom is 0.409 e. The number of anilines is 1. The Bertz CT molecular complexity index is 552. The van der Waals surface area contributed by atoms with E-state index in [1.807, 2.05) is 20.8 Å². The van der Waals surface area contributed by atoms with Gasteiger partial charge in [-0.25, -0.2) is 4.79 Å². The van der Waals surface area contributed by atoms with Gasteiger partial charge in [0.15, 0.2) is 0 Å². The third kappa shape index (κ3) is 3.59. The van der Waals surface area contributed by atoms with Gasteiger partial charge in [-0.05, 0) is 44.7 Å². The molecule has 2 rings (SSSR count). The van der Waals surface area contributed by atoms with Gasteiger partial charge in [0, 0.05) is 24.7 Å². The first-order valence-electron chi connectivity index (χ1n) is 7.64. The first-order valence-corrected chi connectivity index (χ1v) is 7.64. The van der Waals surface area contributed by atoms with Gasteiger partial charge in [0.25, 0.3) is 0 Å². The van der Waals surface area contributed by atoms with Crippen LogP contribution in [0, 0.1) is 26.7 Å². The number of hydrogen-bond donors (Lipinski definition) is 1. The number of carbonyl (C=O) groups is 2. The fraction of sp³-hybridized carbons (Fsp3) is 0.529. The van der Waals surface area contributed by atoms with Crippen LogP contribution in [0.25, 0.3) is 0 Å². The smallest absolute Gasteiger partial charge is 0.409 e. The lowest BCUT2D eigenvalue weighted by atomic mass is 9.95. The van der Waals surface area contributed by atoms with Crippen LogP contribution in [0.3, 0.4) is 0 Å². The van der Waals surface area contributed by atoms with Crippen molar-refractivity contribution < 1.29 is 14.3 Å². The Morgan fingerprint density at radius 2 is 1.68 bits per heavy atom. The van der Waals surface area contributed by atoms with Gasteiger partial charge in [-0.2, -0.15) is 0 Å². The van der Waals surface area contributed by atoms with E-state index in [1.54, 1.807) is 4.90 Å². The monoisotopic (exact) mass is 304 g/mol. The lowest BCUT2D eigenvalue weighted by molar-refractivity contribution is -0.121. The number of amides is 2. The molecule has 0 atom stereocenters. The number of aryl methyl sites for hydroxylation is 3. The van der Waals surface area contributed by atoms with E-state index in [0.29, 0.717) is 25.9 Å². The molecule has 1 N–H and O–H groups in total. The van der Waals surface area contributed by atoms with Crippen LogP contribution in [0.5, 0.6) is 0 Å². The van der Waals surface area contributed by atoms with E-state index < -0.39 is 0 Å². The van der Waals surface area contributed by atoms with Crippen LogP contribution in [0.15, 0.2) is 12.1 Å². The molecule has 1 heterocycles. The van der Waals surface area contributed by atoms with Crippen LogP contribution in [0.1, 0.15) is 29.5 Å². The molecule has 0 aromatic heterocycles. The minimum Gasteiger partial charge on any atom is -0.453 e. The zero-order valence-corrected chi connectivity index (χ0v) is 13.7. The maximum absolute atomic E-state index is 12.5. The number of ether oxygens (including phenoxy) is 1. The minimum absolute atomic E-state index is 0.0413. The Balaban J connectivity index is 1.98. The summed E-state index contributed by atoms with van der Waals surface area (Å²) in [5.74, 6) is -0.0134. The average Bonchev–Trinajstić information content (AvgIpc) is 2.50. The van der Waals surface area contributed by atoms with Crippen LogP contribution in [-0.2, 0) is 9.53 Å². The van der Waals surface area contributed by atoms with Crippen LogP contribution in [0.4, 0.5) is 10.5 Å². The number of carbonyl (C=O) groups excluding carboxylic acids is 2. The average molecular weight is 304 g/mol. The Kier molecular flexibility index (Phi) is 5.06. The van der Waals surface area contributed by atoms with Gasteiger partial charge in [0.2, 0.25) is 5.91 Å². The topological polar surface area (TPSA) is 58.6 Å². The van der Waals surface area contributed by atoms with Crippen LogP contribution < -0.4 is 5.32 Å². The van der Waals surface area contributed by atoms with Gasteiger partial charge in [-0.3, -0.25) is 4.79 Å². The molecule has 1 aromatic carbocycles. The molecule has 0 saturated carbocycles. The molecule has 1 aliphatic heterocycles. The zero-order chi connectivity index (χ0) is 16.3. The molecule has 1 aliphatic rings. The van der Waals surface area contributed by atoms with Crippen molar-refractivity contribution in [2.45, 2.75) is 33.6 Å². The number of hydrogen-bond acceptors (Lipinski definition) is 3. The van der Waals surface area contributed by atoms with Crippen molar-refractivity contribution >= 4 is 17.7 Å². The Morgan fingerprint density at radius 1 is 1.14 bits per heavy atom. The molecule has 0 spiro atoms. The van der Waals surface area contributed by atoms with Crippen LogP contribution >= 0.6 is 0 Å². The van der Waals surface area contributed by atoms with Gasteiger partial charge in [-0.1, -0.05) is 17.7 Å². The summed E-state index contributed by atoms with van der Waals surface area (Å²) in [6.07, 6.45) is 1.03. The highest BCUT2D eigenvalue weighted by Crippen LogP contribution is 2.25. The van der Waals surface area contributed by atoms with Crippen molar-refractivity contribution in [3.63, 3.8) is 0 Å². The molecule has 120 valence electrons. The van der Waals surface area contributed by atoms with Gasteiger partial charge in [0.05, 0.1) is 7.11 Å². The Morgan fingerprint density at radius 3 is 2.18 bits per heavy atom. The van der Waals surface area contributed by atoms with Crippen molar-refractivity contribution in [3.05, 3.63) is 28.8 Å². The summed E-state index contributed by atoms with van der Waals surface area (Å²) in [5, 5.41) is 3.06. The van der Waals surface area contributed by atoms with Crippen LogP contribution in [-0.4, -0.2) is 37.1 Å². The predicted octanol–water partition coefficient (Wildman–Crippen LogP) is 3.03. The highest BCUT2D eigenvalue weighted by molar-refractivity contribution is 5.94. The molecular weight excluding hydrogens is 280 g/mol. The zero-order valence-electron chi connectivity index (χ0n) is 13.7. The molecule has 0 bridgehead atoms. The van der Waals surface area contributed by atoms with E-state index in [1.165, 1.54) is 12.7 Å². The van der Waals surface area contributed by atoms with Crippen molar-refractivity contribution in [2.75, 3.05) is 25.5 Å². The SMILES string of the molecule is COC(=O)N1CCC(C(=O)Nc2c(C)cc(C)cc2C)CC1. The lowest BCUT2D eigenvalue weighted by Crippen LogP contribution is -2.41. The van der Waals surface area contributed by atoms with E-state index in [0.717, 1.165) is 16.8 Å². The summed E-state index contributed by atoms with van der Waals surface area (Å²) >= 11 is 0. The third-order valence-corrected chi connectivity index (χ3v) is 4.22. The number of rotatable bonds is 2. The number of piperidine rings is 1. The largest absolute Gasteiger partial charge is 0.453 e. The molecule has 0 unspecified atom stereocenters. The summed E-state index contributed by atoms with van der Waals surface area (Å²) in [6, 6.07) is 4.14. The first kappa shape index (κ1) is 16.3. The molecule has 5 heteroatoms. The Labute approximate surface area is 131 Å². The highest BCUT2D eigenvalue weighted by atomic mass is 16.5. The molecule has 1 fully saturated rings. The van der Waals surface area contributed by atoms with E-state index in [9.17, 15) is 9.59 Å². The number of nitrogens with zero attached hydrogens (tertiary/aromatic N) is 1. The van der Waals surface area contributed by atoms with Crippen molar-refractivity contribution in [1.82, 2.24) is 4.90 Å². The van der Waals surface area contributed by atoms with Crippen molar-refractivity contribution in [2.24, 2.45) is 5.92 Å². The number of likely N-dealkylation sites (tertiary alicyclic amines) is 1. The molecule has 5 nitrogen and oxygen atoms in total. The predicted molar refractivity (Wildman–Crippen MR) is 86.0 cm³/mol. The third-order valence-electron chi connectivity index (χ3n) is 4.22. The fourth-order valence-electron chi connectivity index (χ4n) is 3.06. The second-order valence-electron chi connectivity index (χ2n) is 5.99. The molecule has 22 heavy (non-hydrogen) atoms. The summed E-state index contributed by atoms with van der Waals surface area (Å²) in [7, 11) is 1.38. The van der Waals surface area contributed by atoms with Crippen molar-refractivity contribution in [3.8, 4) is 0 Å². The van der Waals surface area contributed by atoms with Gasteiger partial charge in [-0.15, -0.1) is 0 Å². The minimum atomic E-state index is -0.316. The maximum atomic E-state index is 12.5. The summed E-state index contributed by atoms with van der Waals surface area (Å²) < 4.78 is 4.71. The molecule has 0 aliphatic carbocycles. The molecule has 1 aromatic rings. The van der Waals surface area contributed by atoms with Crippen molar-refractivity contribution in [1.29, 1.82) is 0 Å². The summed E-state index contributed by atoms with van der Waals surface area (Å²) in [4.78, 5) is 25.6. The van der Waals surface area contributed by atoms with E-state index in [2.05, 4.69) is 17.4 Å². The quantitative estimate of drug-likeness (QED) is 0.913.